The average molecular weight is 580 g/mol. The highest BCUT2D eigenvalue weighted by Crippen LogP contribution is 2.34. The fourth-order valence-electron chi connectivity index (χ4n) is 5.73. The second kappa shape index (κ2) is 11.9. The number of ether oxygens (including phenoxy) is 1. The van der Waals surface area contributed by atoms with E-state index in [9.17, 15) is 14.4 Å². The zero-order valence-electron chi connectivity index (χ0n) is 23.8. The predicted octanol–water partition coefficient (Wildman–Crippen LogP) is 6.95. The molecule has 1 aliphatic heterocycles. The van der Waals surface area contributed by atoms with Crippen molar-refractivity contribution in [1.82, 2.24) is 9.88 Å². The summed E-state index contributed by atoms with van der Waals surface area (Å²) in [6.07, 6.45) is 7.27. The number of hydrogen-bond donors (Lipinski definition) is 0. The van der Waals surface area contributed by atoms with Crippen molar-refractivity contribution in [3.05, 3.63) is 89.5 Å². The van der Waals surface area contributed by atoms with Crippen LogP contribution in [0, 0.1) is 6.92 Å². The lowest BCUT2D eigenvalue weighted by atomic mass is 9.96. The number of aryl methyl sites for hydroxylation is 1. The number of fused-ring (bicyclic) bond motifs is 1. The van der Waals surface area contributed by atoms with Crippen LogP contribution < -0.4 is 9.64 Å². The molecule has 1 fully saturated rings. The molecular weight excluding hydrogens is 546 g/mol. The summed E-state index contributed by atoms with van der Waals surface area (Å²) >= 11 is 1.61. The van der Waals surface area contributed by atoms with Crippen molar-refractivity contribution in [2.75, 3.05) is 18.6 Å². The van der Waals surface area contributed by atoms with E-state index >= 15 is 0 Å². The molecular formula is C34H33N3O4S. The Labute approximate surface area is 249 Å². The molecule has 0 N–H and O–H groups in total. The number of rotatable bonds is 8. The smallest absolute Gasteiger partial charge is 0.257 e. The van der Waals surface area contributed by atoms with E-state index in [0.717, 1.165) is 40.1 Å². The molecule has 2 aliphatic rings. The van der Waals surface area contributed by atoms with E-state index in [1.54, 1.807) is 59.7 Å². The molecule has 1 aliphatic carbocycles. The van der Waals surface area contributed by atoms with Gasteiger partial charge in [0.25, 0.3) is 11.8 Å². The number of nitrogens with zero attached hydrogens (tertiary/aromatic N) is 3. The molecule has 0 spiro atoms. The lowest BCUT2D eigenvalue weighted by Crippen LogP contribution is -2.46. The third kappa shape index (κ3) is 5.59. The minimum atomic E-state index is -0.858. The summed E-state index contributed by atoms with van der Waals surface area (Å²) in [5.74, 6) is -0.294. The van der Waals surface area contributed by atoms with Gasteiger partial charge in [0.1, 0.15) is 16.8 Å². The molecule has 3 amide bonds. The highest BCUT2D eigenvalue weighted by atomic mass is 32.1. The summed E-state index contributed by atoms with van der Waals surface area (Å²) in [7, 11) is 1.57. The minimum Gasteiger partial charge on any atom is -0.497 e. The van der Waals surface area contributed by atoms with Crippen LogP contribution in [0.15, 0.2) is 78.4 Å². The normalized spacial score (nSPS) is 17.0. The number of imide groups is 1. The molecule has 2 heterocycles. The van der Waals surface area contributed by atoms with Gasteiger partial charge in [0.2, 0.25) is 5.91 Å². The van der Waals surface area contributed by atoms with E-state index < -0.39 is 6.04 Å². The summed E-state index contributed by atoms with van der Waals surface area (Å²) in [5, 5.41) is 0.882. The van der Waals surface area contributed by atoms with Crippen LogP contribution in [0.5, 0.6) is 5.75 Å². The largest absolute Gasteiger partial charge is 0.497 e. The van der Waals surface area contributed by atoms with Gasteiger partial charge in [-0.3, -0.25) is 14.4 Å². The molecule has 8 heteroatoms. The van der Waals surface area contributed by atoms with Crippen LogP contribution in [0.2, 0.25) is 0 Å². The number of methoxy groups -OCH3 is 1. The van der Waals surface area contributed by atoms with Crippen molar-refractivity contribution in [3.8, 4) is 16.3 Å². The topological polar surface area (TPSA) is 79.8 Å². The molecule has 214 valence electrons. The van der Waals surface area contributed by atoms with Crippen LogP contribution in [-0.2, 0) is 9.59 Å². The van der Waals surface area contributed by atoms with Crippen molar-refractivity contribution in [2.45, 2.75) is 51.5 Å². The van der Waals surface area contributed by atoms with E-state index in [4.69, 9.17) is 9.72 Å². The summed E-state index contributed by atoms with van der Waals surface area (Å²) in [4.78, 5) is 48.4. The molecule has 0 bridgehead atoms. The first-order valence-electron chi connectivity index (χ1n) is 14.4. The van der Waals surface area contributed by atoms with E-state index in [0.29, 0.717) is 30.0 Å². The number of anilines is 1. The van der Waals surface area contributed by atoms with Crippen LogP contribution >= 0.6 is 11.3 Å². The van der Waals surface area contributed by atoms with Crippen molar-refractivity contribution >= 4 is 45.0 Å². The van der Waals surface area contributed by atoms with Crippen LogP contribution in [0.1, 0.15) is 54.4 Å². The van der Waals surface area contributed by atoms with Gasteiger partial charge in [0, 0.05) is 17.7 Å². The molecule has 1 atom stereocenters. The maximum Gasteiger partial charge on any atom is 0.257 e. The quantitative estimate of drug-likeness (QED) is 0.167. The average Bonchev–Trinajstić information content (AvgIpc) is 3.57. The lowest BCUT2D eigenvalue weighted by Gasteiger charge is -2.28. The molecule has 1 saturated heterocycles. The van der Waals surface area contributed by atoms with Gasteiger partial charge in [-0.05, 0) is 105 Å². The molecule has 1 aromatic heterocycles. The molecule has 0 radical (unpaired) electrons. The maximum atomic E-state index is 13.8. The standard InChI is InChI=1S/C34H33N3O4S/c1-22-8-17-28-30(20-22)42-32(35-28)24-9-13-26(14-10-24)37-31(38)21-29(34(37)40)36(19-18-23-6-4-3-5-7-23)33(39)25-11-15-27(41-2)16-12-25/h6,8-17,20,29H,3-5,7,18-19,21H2,1-2H3. The highest BCUT2D eigenvalue weighted by molar-refractivity contribution is 7.21. The van der Waals surface area contributed by atoms with Gasteiger partial charge in [-0.2, -0.15) is 0 Å². The Morgan fingerprint density at radius 2 is 1.83 bits per heavy atom. The van der Waals surface area contributed by atoms with Gasteiger partial charge < -0.3 is 9.64 Å². The van der Waals surface area contributed by atoms with Gasteiger partial charge in [0.15, 0.2) is 0 Å². The van der Waals surface area contributed by atoms with Crippen molar-refractivity contribution in [2.24, 2.45) is 0 Å². The van der Waals surface area contributed by atoms with Crippen LogP contribution in [-0.4, -0.2) is 47.3 Å². The summed E-state index contributed by atoms with van der Waals surface area (Å²) in [6.45, 7) is 2.44. The maximum absolute atomic E-state index is 13.8. The number of aromatic nitrogens is 1. The summed E-state index contributed by atoms with van der Waals surface area (Å²) < 4.78 is 6.36. The Kier molecular flexibility index (Phi) is 7.89. The van der Waals surface area contributed by atoms with Gasteiger partial charge in [-0.1, -0.05) is 17.7 Å². The van der Waals surface area contributed by atoms with Gasteiger partial charge in [0.05, 0.1) is 29.4 Å². The fourth-order valence-corrected chi connectivity index (χ4v) is 6.80. The van der Waals surface area contributed by atoms with Crippen LogP contribution in [0.3, 0.4) is 0 Å². The molecule has 6 rings (SSSR count). The molecule has 0 saturated carbocycles. The number of carbonyl (C=O) groups excluding carboxylic acids is 3. The molecule has 4 aromatic rings. The SMILES string of the molecule is COc1ccc(C(=O)N(CCC2=CCCCC2)C2CC(=O)N(c3ccc(-c4nc5ccc(C)cc5s4)cc3)C2=O)cc1. The Morgan fingerprint density at radius 1 is 1.05 bits per heavy atom. The predicted molar refractivity (Wildman–Crippen MR) is 166 cm³/mol. The Balaban J connectivity index is 1.24. The van der Waals surface area contributed by atoms with Gasteiger partial charge in [-0.25, -0.2) is 9.88 Å². The van der Waals surface area contributed by atoms with E-state index in [1.807, 2.05) is 24.3 Å². The number of carbonyl (C=O) groups is 3. The summed E-state index contributed by atoms with van der Waals surface area (Å²) in [6, 6.07) is 19.6. The van der Waals surface area contributed by atoms with Crippen molar-refractivity contribution in [3.63, 3.8) is 0 Å². The zero-order chi connectivity index (χ0) is 29.2. The van der Waals surface area contributed by atoms with Crippen molar-refractivity contribution < 1.29 is 19.1 Å². The molecule has 7 nitrogen and oxygen atoms in total. The van der Waals surface area contributed by atoms with E-state index in [1.165, 1.54) is 22.5 Å². The summed E-state index contributed by atoms with van der Waals surface area (Å²) in [5.41, 5.74) is 5.32. The first-order valence-corrected chi connectivity index (χ1v) is 15.2. The molecule has 1 unspecified atom stereocenters. The van der Waals surface area contributed by atoms with Gasteiger partial charge >= 0.3 is 0 Å². The Hall–Kier alpha value is -4.30. The highest BCUT2D eigenvalue weighted by Gasteiger charge is 2.44. The third-order valence-electron chi connectivity index (χ3n) is 8.07. The fraction of sp³-hybridized carbons (Fsp3) is 0.294. The second-order valence-electron chi connectivity index (χ2n) is 10.9. The minimum absolute atomic E-state index is 0.0429. The van der Waals surface area contributed by atoms with Gasteiger partial charge in [-0.15, -0.1) is 11.3 Å². The number of amides is 3. The zero-order valence-corrected chi connectivity index (χ0v) is 24.7. The number of allylic oxidation sites excluding steroid dienone is 1. The van der Waals surface area contributed by atoms with Crippen molar-refractivity contribution in [1.29, 1.82) is 0 Å². The van der Waals surface area contributed by atoms with E-state index in [2.05, 4.69) is 19.1 Å². The Bertz CT molecular complexity index is 1670. The van der Waals surface area contributed by atoms with E-state index in [-0.39, 0.29) is 24.1 Å². The lowest BCUT2D eigenvalue weighted by molar-refractivity contribution is -0.122. The molecule has 42 heavy (non-hydrogen) atoms. The first-order chi connectivity index (χ1) is 20.4. The number of benzene rings is 3. The monoisotopic (exact) mass is 579 g/mol. The van der Waals surface area contributed by atoms with Crippen LogP contribution in [0.4, 0.5) is 5.69 Å². The Morgan fingerprint density at radius 3 is 2.55 bits per heavy atom. The molecule has 3 aromatic carbocycles. The first kappa shape index (κ1) is 27.8. The third-order valence-corrected chi connectivity index (χ3v) is 9.14. The van der Waals surface area contributed by atoms with Crippen LogP contribution in [0.25, 0.3) is 20.8 Å². The number of thiazole rings is 1. The second-order valence-corrected chi connectivity index (χ2v) is 11.9. The number of hydrogen-bond acceptors (Lipinski definition) is 6.